The van der Waals surface area contributed by atoms with Crippen LogP contribution in [0.1, 0.15) is 118 Å². The van der Waals surface area contributed by atoms with Crippen molar-refractivity contribution in [2.75, 3.05) is 0 Å². The minimum absolute atomic E-state index is 0.0614. The van der Waals surface area contributed by atoms with Crippen molar-refractivity contribution < 1.29 is 19.3 Å². The lowest BCUT2D eigenvalue weighted by molar-refractivity contribution is 0.376. The maximum absolute atomic E-state index is 11.5. The normalized spacial score (nSPS) is 12.3. The van der Waals surface area contributed by atoms with Crippen LogP contribution in [0.3, 0.4) is 0 Å². The summed E-state index contributed by atoms with van der Waals surface area (Å²) in [6.07, 6.45) is 16.2. The van der Waals surface area contributed by atoms with Crippen LogP contribution in [0.2, 0.25) is 0 Å². The summed E-state index contributed by atoms with van der Waals surface area (Å²) in [6, 6.07) is 30.2. The standard InChI is InChI=1S/C55H60N4O4.2C2H6/c1-10-22-38(23-11-2)43(32-33-54(4,5)6)49(60)37(3)34-48-56-51(58-62-48)44-30-20-18-28-39(44)24-14-12-15-25-40-29-19-21-31-45(40)52-57-53(63-59-52)47-36-42(55(7,8)9)35-46(50(47)61)41-26-16-13-17-27-41;2*1-2/h10-11,13,16-23,26-33,35-36,60-61H,1,3,12,14-15,24-25,34H2,2,4-9H3;2*1-2H3/b23-11-,33-32+,38-22+,49-43-;;. The number of allylic oxidation sites excluding steroid dienone is 9. The average molecular weight is 901 g/mol. The average Bonchev–Trinajstić information content (AvgIpc) is 4.01. The van der Waals surface area contributed by atoms with E-state index >= 15 is 0 Å². The predicted octanol–water partition coefficient (Wildman–Crippen LogP) is 16.3. The van der Waals surface area contributed by atoms with Gasteiger partial charge in [0, 0.05) is 22.3 Å². The second kappa shape index (κ2) is 25.2. The van der Waals surface area contributed by atoms with E-state index in [1.165, 1.54) is 0 Å². The first kappa shape index (κ1) is 52.8. The van der Waals surface area contributed by atoms with Gasteiger partial charge in [0.1, 0.15) is 11.5 Å². The van der Waals surface area contributed by atoms with Gasteiger partial charge in [-0.1, -0.05) is 214 Å². The van der Waals surface area contributed by atoms with Crippen LogP contribution in [0, 0.1) is 5.41 Å². The number of phenolic OH excluding ortho intramolecular Hbond substituents is 1. The van der Waals surface area contributed by atoms with E-state index in [1.54, 1.807) is 6.08 Å². The van der Waals surface area contributed by atoms with Crippen molar-refractivity contribution in [1.29, 1.82) is 0 Å². The van der Waals surface area contributed by atoms with Crippen LogP contribution in [-0.4, -0.2) is 30.5 Å². The fraction of sp³-hybridized carbons (Fsp3) is 0.322. The summed E-state index contributed by atoms with van der Waals surface area (Å²) in [6.45, 7) is 30.7. The number of unbranched alkanes of at least 4 members (excludes halogenated alkanes) is 2. The monoisotopic (exact) mass is 901 g/mol. The third kappa shape index (κ3) is 14.6. The van der Waals surface area contributed by atoms with Gasteiger partial charge in [-0.15, -0.1) is 0 Å². The van der Waals surface area contributed by atoms with Crippen molar-refractivity contribution >= 4 is 0 Å². The smallest absolute Gasteiger partial charge is 0.262 e. The third-order valence-corrected chi connectivity index (χ3v) is 10.8. The van der Waals surface area contributed by atoms with Crippen molar-refractivity contribution in [1.82, 2.24) is 20.3 Å². The highest BCUT2D eigenvalue weighted by atomic mass is 16.5. The second-order valence-corrected chi connectivity index (χ2v) is 17.9. The fourth-order valence-corrected chi connectivity index (χ4v) is 7.31. The van der Waals surface area contributed by atoms with Crippen LogP contribution in [0.5, 0.6) is 5.75 Å². The van der Waals surface area contributed by atoms with E-state index in [9.17, 15) is 10.2 Å². The van der Waals surface area contributed by atoms with Crippen molar-refractivity contribution in [3.8, 4) is 51.1 Å². The number of aliphatic hydroxyl groups excluding tert-OH is 1. The molecule has 0 atom stereocenters. The SMILES string of the molecule is C=C/C=C(\C=C/C)C(/C=C/C(C)(C)C)=C(\O)C(=C)Cc1nc(-c2ccccc2CCCCCc2ccccc2-c2noc(-c3cc(C(C)(C)C)cc(-c4ccccc4)c3O)n2)no1.CC.CC. The molecule has 0 aliphatic rings. The summed E-state index contributed by atoms with van der Waals surface area (Å²) in [7, 11) is 0. The zero-order valence-electron chi connectivity index (χ0n) is 41.8. The Hall–Kier alpha value is -6.80. The molecule has 0 bridgehead atoms. The molecule has 352 valence electrons. The van der Waals surface area contributed by atoms with E-state index in [4.69, 9.17) is 19.0 Å². The molecule has 0 aliphatic heterocycles. The highest BCUT2D eigenvalue weighted by molar-refractivity contribution is 5.81. The highest BCUT2D eigenvalue weighted by Gasteiger charge is 2.24. The summed E-state index contributed by atoms with van der Waals surface area (Å²) in [5.74, 6) is 1.83. The topological polar surface area (TPSA) is 118 Å². The number of phenols is 1. The van der Waals surface area contributed by atoms with Crippen molar-refractivity contribution in [3.63, 3.8) is 0 Å². The largest absolute Gasteiger partial charge is 0.507 e. The molecule has 6 aromatic rings. The Morgan fingerprint density at radius 1 is 0.687 bits per heavy atom. The van der Waals surface area contributed by atoms with Gasteiger partial charge < -0.3 is 19.3 Å². The molecule has 8 heteroatoms. The van der Waals surface area contributed by atoms with Gasteiger partial charge in [0.25, 0.3) is 5.89 Å². The first-order valence-corrected chi connectivity index (χ1v) is 23.7. The fourth-order valence-electron chi connectivity index (χ4n) is 7.31. The second-order valence-electron chi connectivity index (χ2n) is 17.9. The number of aliphatic hydroxyl groups is 1. The van der Waals surface area contributed by atoms with E-state index in [2.05, 4.69) is 83.2 Å². The van der Waals surface area contributed by atoms with Crippen molar-refractivity contribution in [2.45, 2.75) is 120 Å². The molecule has 2 N–H and O–H groups in total. The highest BCUT2D eigenvalue weighted by Crippen LogP contribution is 2.42. The van der Waals surface area contributed by atoms with E-state index in [0.29, 0.717) is 34.2 Å². The zero-order valence-corrected chi connectivity index (χ0v) is 41.8. The van der Waals surface area contributed by atoms with E-state index in [-0.39, 0.29) is 34.7 Å². The van der Waals surface area contributed by atoms with Crippen LogP contribution in [0.4, 0.5) is 0 Å². The molecule has 2 heterocycles. The molecule has 0 aliphatic carbocycles. The number of aromatic nitrogens is 4. The molecule has 8 nitrogen and oxygen atoms in total. The number of hydrogen-bond donors (Lipinski definition) is 2. The van der Waals surface area contributed by atoms with Gasteiger partial charge >= 0.3 is 0 Å². The maximum atomic E-state index is 11.5. The van der Waals surface area contributed by atoms with Crippen LogP contribution in [0.25, 0.3) is 45.4 Å². The van der Waals surface area contributed by atoms with Gasteiger partial charge in [-0.05, 0) is 89.0 Å². The number of rotatable bonds is 17. The molecular weight excluding hydrogens is 829 g/mol. The Labute approximate surface area is 400 Å². The molecular formula is C59H72N4O4. The number of benzene rings is 4. The van der Waals surface area contributed by atoms with Gasteiger partial charge in [-0.3, -0.25) is 0 Å². The summed E-state index contributed by atoms with van der Waals surface area (Å²) in [5, 5.41) is 31.7. The Balaban J connectivity index is 0.00000238. The third-order valence-electron chi connectivity index (χ3n) is 10.8. The Morgan fingerprint density at radius 2 is 1.24 bits per heavy atom. The summed E-state index contributed by atoms with van der Waals surface area (Å²) in [4.78, 5) is 9.57. The molecule has 0 saturated heterocycles. The lowest BCUT2D eigenvalue weighted by Crippen LogP contribution is -2.11. The zero-order chi connectivity index (χ0) is 49.1. The maximum Gasteiger partial charge on any atom is 0.262 e. The van der Waals surface area contributed by atoms with Crippen molar-refractivity contribution in [3.05, 3.63) is 186 Å². The van der Waals surface area contributed by atoms with E-state index < -0.39 is 0 Å². The molecule has 0 radical (unpaired) electrons. The summed E-state index contributed by atoms with van der Waals surface area (Å²) in [5.41, 5.74) is 8.98. The van der Waals surface area contributed by atoms with Crippen LogP contribution >= 0.6 is 0 Å². The Kier molecular flexibility index (Phi) is 19.9. The van der Waals surface area contributed by atoms with Gasteiger partial charge in [0.2, 0.25) is 17.5 Å². The minimum Gasteiger partial charge on any atom is -0.507 e. The number of hydrogen-bond acceptors (Lipinski definition) is 8. The van der Waals surface area contributed by atoms with E-state index in [1.807, 2.05) is 138 Å². The van der Waals surface area contributed by atoms with Gasteiger partial charge in [-0.25, -0.2) is 0 Å². The van der Waals surface area contributed by atoms with Gasteiger partial charge in [-0.2, -0.15) is 9.97 Å². The number of nitrogens with zero attached hydrogens (tertiary/aromatic N) is 4. The molecule has 0 spiro atoms. The molecule has 6 rings (SSSR count). The van der Waals surface area contributed by atoms with Gasteiger partial charge in [0.05, 0.1) is 12.0 Å². The summed E-state index contributed by atoms with van der Waals surface area (Å²) < 4.78 is 11.6. The molecule has 0 unspecified atom stereocenters. The molecule has 0 fully saturated rings. The first-order valence-electron chi connectivity index (χ1n) is 23.7. The Morgan fingerprint density at radius 3 is 1.81 bits per heavy atom. The van der Waals surface area contributed by atoms with Crippen LogP contribution in [0.15, 0.2) is 172 Å². The lowest BCUT2D eigenvalue weighted by Gasteiger charge is -2.22. The molecule has 0 amide bonds. The number of aromatic hydroxyl groups is 1. The molecule has 67 heavy (non-hydrogen) atoms. The molecule has 2 aromatic heterocycles. The number of aryl methyl sites for hydroxylation is 2. The summed E-state index contributed by atoms with van der Waals surface area (Å²) >= 11 is 0. The predicted molar refractivity (Wildman–Crippen MR) is 279 cm³/mol. The minimum atomic E-state index is -0.172. The van der Waals surface area contributed by atoms with E-state index in [0.717, 1.165) is 76.6 Å². The lowest BCUT2D eigenvalue weighted by atomic mass is 9.83. The van der Waals surface area contributed by atoms with Crippen molar-refractivity contribution in [2.24, 2.45) is 5.41 Å². The quantitative estimate of drug-likeness (QED) is 0.0528. The molecule has 0 saturated carbocycles. The van der Waals surface area contributed by atoms with Crippen LogP contribution in [-0.2, 0) is 24.7 Å². The van der Waals surface area contributed by atoms with Crippen LogP contribution < -0.4 is 0 Å². The van der Waals surface area contributed by atoms with Gasteiger partial charge in [0.15, 0.2) is 0 Å². The molecule has 4 aromatic carbocycles. The Bertz CT molecular complexity index is 2660. The first-order chi connectivity index (χ1) is 32.2.